The number of amides is 1. The number of carbonyl (C=O) groups excluding carboxylic acids is 1. The number of aromatic nitrogens is 3. The molecule has 3 heterocycles. The Morgan fingerprint density at radius 1 is 1.47 bits per heavy atom. The topological polar surface area (TPSA) is 159 Å². The molecule has 0 saturated carbocycles. The predicted molar refractivity (Wildman–Crippen MR) is 115 cm³/mol. The lowest BCUT2D eigenvalue weighted by Crippen LogP contribution is -2.47. The van der Waals surface area contributed by atoms with Gasteiger partial charge in [-0.1, -0.05) is 5.92 Å². The molecule has 0 bridgehead atoms. The van der Waals surface area contributed by atoms with Crippen LogP contribution in [0.5, 0.6) is 5.88 Å². The second kappa shape index (κ2) is 8.44. The second-order valence-electron chi connectivity index (χ2n) is 6.47. The number of anilines is 1. The Hall–Kier alpha value is -2.92. The van der Waals surface area contributed by atoms with E-state index in [1.54, 1.807) is 19.2 Å². The van der Waals surface area contributed by atoms with Crippen molar-refractivity contribution in [2.24, 2.45) is 10.7 Å². The zero-order valence-electron chi connectivity index (χ0n) is 16.5. The maximum Gasteiger partial charge on any atom is 0.277 e. The summed E-state index contributed by atoms with van der Waals surface area (Å²) >= 11 is 1.22. The van der Waals surface area contributed by atoms with Crippen LogP contribution >= 0.6 is 22.1 Å². The van der Waals surface area contributed by atoms with Crippen molar-refractivity contribution in [3.8, 4) is 17.7 Å². The summed E-state index contributed by atoms with van der Waals surface area (Å²) < 4.78 is 27.0. The Balaban J connectivity index is 1.71. The van der Waals surface area contributed by atoms with Gasteiger partial charge in [-0.05, 0) is 13.8 Å². The molecule has 11 nitrogen and oxygen atoms in total. The lowest BCUT2D eigenvalue weighted by Gasteiger charge is -2.48. The Morgan fingerprint density at radius 3 is 2.87 bits per heavy atom. The first-order chi connectivity index (χ1) is 14.1. The van der Waals surface area contributed by atoms with E-state index in [9.17, 15) is 13.9 Å². The van der Waals surface area contributed by atoms with Crippen molar-refractivity contribution in [1.29, 1.82) is 0 Å². The number of rotatable bonds is 5. The van der Waals surface area contributed by atoms with Crippen LogP contribution < -0.4 is 15.8 Å². The van der Waals surface area contributed by atoms with E-state index in [1.165, 1.54) is 30.8 Å². The first-order valence-corrected chi connectivity index (χ1v) is 11.2. The van der Waals surface area contributed by atoms with Gasteiger partial charge >= 0.3 is 0 Å². The minimum Gasteiger partial charge on any atom is -0.463 e. The molecule has 3 rings (SSSR count). The van der Waals surface area contributed by atoms with E-state index in [2.05, 4.69) is 37.1 Å². The van der Waals surface area contributed by atoms with Gasteiger partial charge in [-0.25, -0.2) is 24.2 Å². The fourth-order valence-corrected chi connectivity index (χ4v) is 4.98. The standard InChI is InChI=1S/C17H21N7O4S2/c1-4-5-6-28-13-8-19-11(7-20-13)14(25)21-12-9-29-15(22-12)17(2)10-30(26,27)24(3)16(18)23-17/h7-9,26-27H,6,10H2,1-3H3,(H2,18,23)(H,21,25)/t17-/m0/s1. The lowest BCUT2D eigenvalue weighted by atomic mass is 10.1. The third kappa shape index (κ3) is 4.62. The second-order valence-corrected chi connectivity index (χ2v) is 9.42. The van der Waals surface area contributed by atoms with Crippen LogP contribution in [0.4, 0.5) is 5.82 Å². The predicted octanol–water partition coefficient (Wildman–Crippen LogP) is 1.73. The van der Waals surface area contributed by atoms with E-state index in [0.29, 0.717) is 5.01 Å². The van der Waals surface area contributed by atoms with E-state index in [0.717, 1.165) is 4.31 Å². The Kier molecular flexibility index (Phi) is 6.13. The first-order valence-electron chi connectivity index (χ1n) is 8.61. The van der Waals surface area contributed by atoms with E-state index in [1.807, 2.05) is 0 Å². The molecule has 5 N–H and O–H groups in total. The summed E-state index contributed by atoms with van der Waals surface area (Å²) in [6.07, 6.45) is 2.62. The summed E-state index contributed by atoms with van der Waals surface area (Å²) in [6.45, 7) is 3.59. The summed E-state index contributed by atoms with van der Waals surface area (Å²) in [7, 11) is -1.65. The molecular formula is C17H21N7O4S2. The van der Waals surface area contributed by atoms with E-state index in [4.69, 9.17) is 10.5 Å². The van der Waals surface area contributed by atoms with Crippen molar-refractivity contribution in [3.63, 3.8) is 0 Å². The largest absolute Gasteiger partial charge is 0.463 e. The number of hydrogen-bond acceptors (Lipinski definition) is 11. The van der Waals surface area contributed by atoms with Crippen molar-refractivity contribution in [1.82, 2.24) is 19.3 Å². The number of ether oxygens (including phenoxy) is 1. The van der Waals surface area contributed by atoms with Crippen molar-refractivity contribution in [2.75, 3.05) is 24.7 Å². The van der Waals surface area contributed by atoms with Crippen LogP contribution in [-0.2, 0) is 5.54 Å². The summed E-state index contributed by atoms with van der Waals surface area (Å²) in [6, 6.07) is 0. The van der Waals surface area contributed by atoms with Gasteiger partial charge in [0.05, 0.1) is 18.1 Å². The van der Waals surface area contributed by atoms with Gasteiger partial charge in [-0.2, -0.15) is 0 Å². The number of aliphatic imine (C=N–C) groups is 1. The molecule has 2 aromatic heterocycles. The molecule has 0 aliphatic carbocycles. The number of nitrogens with zero attached hydrogens (tertiary/aromatic N) is 5. The third-order valence-electron chi connectivity index (χ3n) is 4.13. The molecule has 0 spiro atoms. The Labute approximate surface area is 178 Å². The van der Waals surface area contributed by atoms with Crippen molar-refractivity contribution < 1.29 is 18.6 Å². The number of carbonyl (C=O) groups is 1. The third-order valence-corrected chi connectivity index (χ3v) is 7.24. The van der Waals surface area contributed by atoms with Crippen molar-refractivity contribution >= 4 is 39.8 Å². The van der Waals surface area contributed by atoms with Gasteiger partial charge in [0.25, 0.3) is 5.91 Å². The molecule has 0 unspecified atom stereocenters. The average Bonchev–Trinajstić information content (AvgIpc) is 3.16. The molecule has 13 heteroatoms. The number of nitrogens with two attached hydrogens (primary N) is 1. The molecule has 1 amide bonds. The van der Waals surface area contributed by atoms with Gasteiger partial charge in [0.2, 0.25) is 11.8 Å². The molecule has 30 heavy (non-hydrogen) atoms. The zero-order chi connectivity index (χ0) is 21.9. The van der Waals surface area contributed by atoms with Crippen LogP contribution in [0, 0.1) is 11.8 Å². The molecule has 160 valence electrons. The van der Waals surface area contributed by atoms with Gasteiger partial charge in [-0.15, -0.1) is 28.0 Å². The molecule has 1 aliphatic heterocycles. The molecule has 0 aromatic carbocycles. The van der Waals surface area contributed by atoms with Crippen LogP contribution in [0.1, 0.15) is 29.3 Å². The fourth-order valence-electron chi connectivity index (χ4n) is 2.54. The van der Waals surface area contributed by atoms with E-state index in [-0.39, 0.29) is 35.7 Å². The molecular weight excluding hydrogens is 430 g/mol. The van der Waals surface area contributed by atoms with Gasteiger partial charge in [0.1, 0.15) is 22.1 Å². The Morgan fingerprint density at radius 2 is 2.23 bits per heavy atom. The van der Waals surface area contributed by atoms with Crippen molar-refractivity contribution in [2.45, 2.75) is 19.4 Å². The van der Waals surface area contributed by atoms with Gasteiger partial charge in [-0.3, -0.25) is 13.9 Å². The molecule has 0 fully saturated rings. The average molecular weight is 452 g/mol. The summed E-state index contributed by atoms with van der Waals surface area (Å²) in [5, 5.41) is 4.75. The maximum atomic E-state index is 12.4. The quantitative estimate of drug-likeness (QED) is 0.496. The van der Waals surface area contributed by atoms with E-state index < -0.39 is 22.2 Å². The summed E-state index contributed by atoms with van der Waals surface area (Å²) in [5.41, 5.74) is 4.89. The number of nitrogens with one attached hydrogen (secondary N) is 1. The van der Waals surface area contributed by atoms with Crippen LogP contribution in [0.15, 0.2) is 22.8 Å². The number of guanidine groups is 1. The van der Waals surface area contributed by atoms with Gasteiger partial charge < -0.3 is 15.8 Å². The summed E-state index contributed by atoms with van der Waals surface area (Å²) in [5.74, 6) is 5.42. The van der Waals surface area contributed by atoms with E-state index >= 15 is 0 Å². The highest BCUT2D eigenvalue weighted by Gasteiger charge is 2.42. The lowest BCUT2D eigenvalue weighted by molar-refractivity contribution is 0.102. The van der Waals surface area contributed by atoms with Crippen molar-refractivity contribution in [3.05, 3.63) is 28.5 Å². The van der Waals surface area contributed by atoms with Crippen LogP contribution in [-0.4, -0.2) is 59.6 Å². The minimum absolute atomic E-state index is 0.00652. The molecule has 1 atom stereocenters. The number of thiazole rings is 1. The highest BCUT2D eigenvalue weighted by molar-refractivity contribution is 8.22. The van der Waals surface area contributed by atoms with Crippen LogP contribution in [0.3, 0.4) is 0 Å². The smallest absolute Gasteiger partial charge is 0.277 e. The van der Waals surface area contributed by atoms with Gasteiger partial charge in [0.15, 0.2) is 6.61 Å². The highest BCUT2D eigenvalue weighted by Crippen LogP contribution is 2.51. The fraction of sp³-hybridized carbons (Fsp3) is 0.353. The van der Waals surface area contributed by atoms with Gasteiger partial charge in [0, 0.05) is 12.4 Å². The maximum absolute atomic E-state index is 12.4. The Bertz CT molecular complexity index is 1030. The molecule has 1 aliphatic rings. The normalized spacial score (nSPS) is 21.1. The minimum atomic E-state index is -3.12. The molecule has 2 aromatic rings. The monoisotopic (exact) mass is 451 g/mol. The SMILES string of the molecule is CC#CCOc1cnc(C(=O)Nc2csc([C@]3(C)CS(O)(O)N(C)C(N)=N3)n2)cn1. The molecule has 0 saturated heterocycles. The zero-order valence-corrected chi connectivity index (χ0v) is 18.1. The summed E-state index contributed by atoms with van der Waals surface area (Å²) in [4.78, 5) is 29.2. The first kappa shape index (κ1) is 21.8. The van der Waals surface area contributed by atoms with Crippen LogP contribution in [0.25, 0.3) is 0 Å². The number of hydrogen-bond donors (Lipinski definition) is 4. The highest BCUT2D eigenvalue weighted by atomic mass is 32.3. The van der Waals surface area contributed by atoms with Crippen LogP contribution in [0.2, 0.25) is 0 Å². The molecule has 0 radical (unpaired) electrons.